The van der Waals surface area contributed by atoms with E-state index in [9.17, 15) is 0 Å². The second-order valence-corrected chi connectivity index (χ2v) is 5.55. The minimum absolute atomic E-state index is 0.567. The van der Waals surface area contributed by atoms with Crippen LogP contribution in [0.5, 0.6) is 0 Å². The molecule has 4 rings (SSSR count). The highest BCUT2D eigenvalue weighted by Gasteiger charge is 2.86. The Kier molecular flexibility index (Phi) is 0.919. The molecule has 4 aliphatic rings. The first-order valence-electron chi connectivity index (χ1n) is 5.23. The third-order valence-electron chi connectivity index (χ3n) is 5.70. The highest BCUT2D eigenvalue weighted by atomic mass is 14.9. The number of allylic oxidation sites excluding steroid dienone is 1. The Morgan fingerprint density at radius 1 is 1.42 bits per heavy atom. The lowest BCUT2D eigenvalue weighted by Gasteiger charge is -2.16. The van der Waals surface area contributed by atoms with Crippen molar-refractivity contribution in [3.05, 3.63) is 12.7 Å². The van der Waals surface area contributed by atoms with Crippen molar-refractivity contribution in [1.29, 1.82) is 0 Å². The molecule has 0 aromatic rings. The molecule has 6 unspecified atom stereocenters. The summed E-state index contributed by atoms with van der Waals surface area (Å²) in [6.07, 6.45) is 3.76. The molecule has 0 aromatic heterocycles. The Morgan fingerprint density at radius 3 is 2.25 bits per heavy atom. The van der Waals surface area contributed by atoms with E-state index in [4.69, 9.17) is 0 Å². The van der Waals surface area contributed by atoms with Gasteiger partial charge in [0.2, 0.25) is 0 Å². The lowest BCUT2D eigenvalue weighted by Crippen LogP contribution is -2.10. The van der Waals surface area contributed by atoms with E-state index < -0.39 is 0 Å². The maximum atomic E-state index is 4.06. The molecule has 0 spiro atoms. The van der Waals surface area contributed by atoms with Gasteiger partial charge in [0.05, 0.1) is 0 Å². The first kappa shape index (κ1) is 7.17. The van der Waals surface area contributed by atoms with Crippen LogP contribution in [0.15, 0.2) is 12.7 Å². The van der Waals surface area contributed by atoms with Crippen molar-refractivity contribution < 1.29 is 0 Å². The van der Waals surface area contributed by atoms with Gasteiger partial charge in [0, 0.05) is 5.41 Å². The standard InChI is InChI=1S/C12H18/c1-5-12-8(3)9-6-11(12,4)10(12)7(9)2/h5,7-10H,1,6H2,2-4H3. The summed E-state index contributed by atoms with van der Waals surface area (Å²) in [5.74, 6) is 3.89. The normalized spacial score (nSPS) is 71.6. The molecular weight excluding hydrogens is 144 g/mol. The summed E-state index contributed by atoms with van der Waals surface area (Å²) < 4.78 is 0. The molecule has 4 saturated carbocycles. The molecule has 0 aliphatic heterocycles. The van der Waals surface area contributed by atoms with Crippen molar-refractivity contribution in [3.8, 4) is 0 Å². The fourth-order valence-electron chi connectivity index (χ4n) is 5.36. The molecule has 0 amide bonds. The molecule has 0 nitrogen and oxygen atoms in total. The van der Waals surface area contributed by atoms with Crippen molar-refractivity contribution in [1.82, 2.24) is 0 Å². The van der Waals surface area contributed by atoms with Gasteiger partial charge >= 0.3 is 0 Å². The van der Waals surface area contributed by atoms with E-state index in [-0.39, 0.29) is 0 Å². The minimum Gasteiger partial charge on any atom is -0.102 e. The van der Waals surface area contributed by atoms with E-state index in [1.54, 1.807) is 0 Å². The molecule has 0 N–H and O–H groups in total. The lowest BCUT2D eigenvalue weighted by atomic mass is 9.88. The van der Waals surface area contributed by atoms with Crippen molar-refractivity contribution in [2.75, 3.05) is 0 Å². The summed E-state index contributed by atoms with van der Waals surface area (Å²) in [6, 6.07) is 0. The predicted molar refractivity (Wildman–Crippen MR) is 50.7 cm³/mol. The third kappa shape index (κ3) is 0.372. The van der Waals surface area contributed by atoms with Gasteiger partial charge in [0.1, 0.15) is 0 Å². The van der Waals surface area contributed by atoms with Crippen LogP contribution in [-0.2, 0) is 0 Å². The van der Waals surface area contributed by atoms with E-state index >= 15 is 0 Å². The van der Waals surface area contributed by atoms with Crippen LogP contribution in [-0.4, -0.2) is 0 Å². The summed E-state index contributed by atoms with van der Waals surface area (Å²) >= 11 is 0. The maximum Gasteiger partial charge on any atom is 0.0000725 e. The van der Waals surface area contributed by atoms with E-state index in [0.29, 0.717) is 10.8 Å². The average Bonchev–Trinajstić information content (AvgIpc) is 2.24. The minimum atomic E-state index is 0.567. The van der Waals surface area contributed by atoms with Crippen LogP contribution in [0.4, 0.5) is 0 Å². The monoisotopic (exact) mass is 162 g/mol. The predicted octanol–water partition coefficient (Wildman–Crippen LogP) is 3.10. The number of rotatable bonds is 1. The van der Waals surface area contributed by atoms with Crippen molar-refractivity contribution in [2.45, 2.75) is 27.2 Å². The van der Waals surface area contributed by atoms with Crippen LogP contribution in [0.2, 0.25) is 0 Å². The molecular formula is C12H18. The van der Waals surface area contributed by atoms with Gasteiger partial charge in [-0.05, 0) is 35.5 Å². The fraction of sp³-hybridized carbons (Fsp3) is 0.833. The SMILES string of the molecule is C=CC12C(C)C3CC1(C)C2C3C. The molecule has 0 aromatic carbocycles. The summed E-state index contributed by atoms with van der Waals surface area (Å²) in [5, 5.41) is 0. The highest BCUT2D eigenvalue weighted by molar-refractivity contribution is 5.38. The summed E-state index contributed by atoms with van der Waals surface area (Å²) in [4.78, 5) is 0. The van der Waals surface area contributed by atoms with Gasteiger partial charge in [-0.15, -0.1) is 6.58 Å². The molecule has 66 valence electrons. The zero-order valence-corrected chi connectivity index (χ0v) is 8.30. The summed E-state index contributed by atoms with van der Waals surface area (Å²) in [6.45, 7) is 11.4. The Balaban J connectivity index is 2.16. The van der Waals surface area contributed by atoms with Gasteiger partial charge in [-0.25, -0.2) is 0 Å². The number of hydrogen-bond donors (Lipinski definition) is 0. The fourth-order valence-corrected chi connectivity index (χ4v) is 5.36. The van der Waals surface area contributed by atoms with Gasteiger partial charge in [-0.3, -0.25) is 0 Å². The summed E-state index contributed by atoms with van der Waals surface area (Å²) in [7, 11) is 0. The first-order valence-corrected chi connectivity index (χ1v) is 5.23. The van der Waals surface area contributed by atoms with Gasteiger partial charge in [-0.1, -0.05) is 26.8 Å². The molecule has 6 atom stereocenters. The van der Waals surface area contributed by atoms with Crippen molar-refractivity contribution >= 4 is 0 Å². The van der Waals surface area contributed by atoms with Crippen molar-refractivity contribution in [3.63, 3.8) is 0 Å². The molecule has 0 heteroatoms. The molecule has 0 radical (unpaired) electrons. The molecule has 4 aliphatic carbocycles. The molecule has 12 heavy (non-hydrogen) atoms. The Morgan fingerprint density at radius 2 is 2.08 bits per heavy atom. The van der Waals surface area contributed by atoms with Crippen LogP contribution in [0.3, 0.4) is 0 Å². The van der Waals surface area contributed by atoms with Crippen LogP contribution in [0.1, 0.15) is 27.2 Å². The van der Waals surface area contributed by atoms with Gasteiger partial charge in [0.25, 0.3) is 0 Å². The molecule has 4 bridgehead atoms. The lowest BCUT2D eigenvalue weighted by molar-refractivity contribution is 0.351. The largest absolute Gasteiger partial charge is 0.102 e. The zero-order chi connectivity index (χ0) is 8.72. The third-order valence-corrected chi connectivity index (χ3v) is 5.70. The number of hydrogen-bond acceptors (Lipinski definition) is 0. The zero-order valence-electron chi connectivity index (χ0n) is 8.30. The molecule has 4 fully saturated rings. The van der Waals surface area contributed by atoms with E-state index in [0.717, 1.165) is 23.7 Å². The van der Waals surface area contributed by atoms with Crippen LogP contribution < -0.4 is 0 Å². The van der Waals surface area contributed by atoms with Gasteiger partial charge in [0.15, 0.2) is 0 Å². The van der Waals surface area contributed by atoms with Crippen LogP contribution in [0.25, 0.3) is 0 Å². The average molecular weight is 162 g/mol. The Hall–Kier alpha value is -0.260. The quantitative estimate of drug-likeness (QED) is 0.520. The van der Waals surface area contributed by atoms with Gasteiger partial charge in [-0.2, -0.15) is 0 Å². The summed E-state index contributed by atoms with van der Waals surface area (Å²) in [5.41, 5.74) is 1.23. The molecule has 0 heterocycles. The smallest absolute Gasteiger partial charge is 0.0000725 e. The second-order valence-electron chi connectivity index (χ2n) is 5.55. The highest BCUT2D eigenvalue weighted by Crippen LogP contribution is 2.90. The van der Waals surface area contributed by atoms with Crippen LogP contribution in [0, 0.1) is 34.5 Å². The Labute approximate surface area is 75.0 Å². The van der Waals surface area contributed by atoms with E-state index in [1.165, 1.54) is 6.42 Å². The van der Waals surface area contributed by atoms with Crippen LogP contribution >= 0.6 is 0 Å². The molecule has 0 saturated heterocycles. The Bertz CT molecular complexity index is 267. The van der Waals surface area contributed by atoms with E-state index in [2.05, 4.69) is 33.4 Å². The van der Waals surface area contributed by atoms with Crippen molar-refractivity contribution in [2.24, 2.45) is 34.5 Å². The maximum absolute atomic E-state index is 4.06. The topological polar surface area (TPSA) is 0 Å². The van der Waals surface area contributed by atoms with Gasteiger partial charge < -0.3 is 0 Å². The van der Waals surface area contributed by atoms with E-state index in [1.807, 2.05) is 0 Å². The second kappa shape index (κ2) is 1.54. The first-order chi connectivity index (χ1) is 5.59.